The second-order valence-corrected chi connectivity index (χ2v) is 11.7. The molecule has 10 nitrogen and oxygen atoms in total. The lowest BCUT2D eigenvalue weighted by Crippen LogP contribution is -2.54. The minimum Gasteiger partial charge on any atom is -0.467 e. The van der Waals surface area contributed by atoms with Crippen molar-refractivity contribution in [2.24, 2.45) is 0 Å². The standard InChI is InChI=1S/C31H42F3N5O5/c1-19-27(29(40)39-14-11-22(12-15-39)36-24-13-16-43-18-26(24)41-2)37-30(42-3)38-28(19)35-17-23-5-4-6-25(44-23)20-7-9-21(10-8-20)31(32,33)34/h7-10,22-26,36H,4-6,11-18H2,1-3H3,(H,35,37,38)/t23-,24+,25+,26-/m1/s1. The van der Waals surface area contributed by atoms with Crippen LogP contribution < -0.4 is 15.4 Å². The highest BCUT2D eigenvalue weighted by Gasteiger charge is 2.33. The molecule has 3 aliphatic rings. The number of anilines is 1. The summed E-state index contributed by atoms with van der Waals surface area (Å²) < 4.78 is 61.6. The van der Waals surface area contributed by atoms with Gasteiger partial charge in [0.2, 0.25) is 0 Å². The SMILES string of the molecule is COc1nc(NC[C@H]2CCC[C@@H](c3ccc(C(F)(F)F)cc3)O2)c(C)c(C(=O)N2CCC(N[C@H]3CCOC[C@H]3OC)CC2)n1. The van der Waals surface area contributed by atoms with E-state index in [1.54, 1.807) is 7.11 Å². The summed E-state index contributed by atoms with van der Waals surface area (Å²) in [6, 6.07) is 5.79. The molecule has 0 aliphatic carbocycles. The summed E-state index contributed by atoms with van der Waals surface area (Å²) >= 11 is 0. The maximum absolute atomic E-state index is 13.6. The van der Waals surface area contributed by atoms with E-state index in [-0.39, 0.29) is 36.3 Å². The van der Waals surface area contributed by atoms with Gasteiger partial charge in [0.1, 0.15) is 11.5 Å². The van der Waals surface area contributed by atoms with Crippen LogP contribution >= 0.6 is 0 Å². The topological polar surface area (TPSA) is 107 Å². The van der Waals surface area contributed by atoms with Gasteiger partial charge >= 0.3 is 12.2 Å². The summed E-state index contributed by atoms with van der Waals surface area (Å²) in [4.78, 5) is 24.3. The third-order valence-corrected chi connectivity index (χ3v) is 8.81. The second-order valence-electron chi connectivity index (χ2n) is 11.7. The number of hydrogen-bond acceptors (Lipinski definition) is 9. The van der Waals surface area contributed by atoms with E-state index in [0.717, 1.165) is 56.2 Å². The summed E-state index contributed by atoms with van der Waals surface area (Å²) in [5, 5.41) is 7.02. The van der Waals surface area contributed by atoms with Gasteiger partial charge in [-0.05, 0) is 63.1 Å². The molecule has 0 radical (unpaired) electrons. The first-order valence-corrected chi connectivity index (χ1v) is 15.3. The van der Waals surface area contributed by atoms with Crippen molar-refractivity contribution in [1.82, 2.24) is 20.2 Å². The highest BCUT2D eigenvalue weighted by Crippen LogP contribution is 2.34. The maximum atomic E-state index is 13.6. The molecule has 1 amide bonds. The van der Waals surface area contributed by atoms with E-state index in [4.69, 9.17) is 18.9 Å². The Bertz CT molecular complexity index is 1260. The third-order valence-electron chi connectivity index (χ3n) is 8.81. The van der Waals surface area contributed by atoms with E-state index in [9.17, 15) is 18.0 Å². The number of alkyl halides is 3. The highest BCUT2D eigenvalue weighted by atomic mass is 19.4. The molecule has 44 heavy (non-hydrogen) atoms. The van der Waals surface area contributed by atoms with Gasteiger partial charge in [0, 0.05) is 51.0 Å². The molecule has 3 aliphatic heterocycles. The molecule has 0 spiro atoms. The van der Waals surface area contributed by atoms with E-state index in [1.807, 2.05) is 11.8 Å². The number of ether oxygens (including phenoxy) is 4. The molecule has 4 heterocycles. The smallest absolute Gasteiger partial charge is 0.416 e. The van der Waals surface area contributed by atoms with Gasteiger partial charge in [0.25, 0.3) is 5.91 Å². The zero-order valence-electron chi connectivity index (χ0n) is 25.5. The molecule has 4 atom stereocenters. The van der Waals surface area contributed by atoms with Gasteiger partial charge in [-0.1, -0.05) is 12.1 Å². The number of halogens is 3. The number of amides is 1. The molecule has 2 aromatic rings. The van der Waals surface area contributed by atoms with Crippen molar-refractivity contribution in [2.45, 2.75) is 82.0 Å². The first-order chi connectivity index (χ1) is 21.2. The van der Waals surface area contributed by atoms with Crippen LogP contribution in [0.25, 0.3) is 0 Å². The molecule has 5 rings (SSSR count). The molecular weight excluding hydrogens is 579 g/mol. The third kappa shape index (κ3) is 7.79. The van der Waals surface area contributed by atoms with Crippen LogP contribution in [-0.2, 0) is 20.4 Å². The van der Waals surface area contributed by atoms with Gasteiger partial charge in [-0.2, -0.15) is 23.1 Å². The first kappa shape index (κ1) is 32.4. The van der Waals surface area contributed by atoms with Crippen molar-refractivity contribution >= 4 is 11.7 Å². The van der Waals surface area contributed by atoms with Crippen LogP contribution in [0.5, 0.6) is 6.01 Å². The number of nitrogens with one attached hydrogen (secondary N) is 2. The minimum absolute atomic E-state index is 0.0279. The van der Waals surface area contributed by atoms with Crippen LogP contribution in [0.4, 0.5) is 19.0 Å². The van der Waals surface area contributed by atoms with Crippen molar-refractivity contribution in [2.75, 3.05) is 52.4 Å². The Morgan fingerprint density at radius 1 is 1.07 bits per heavy atom. The Hall–Kier alpha value is -3.00. The lowest BCUT2D eigenvalue weighted by molar-refractivity contribution is -0.137. The molecule has 1 aromatic heterocycles. The quantitative estimate of drug-likeness (QED) is 0.418. The van der Waals surface area contributed by atoms with E-state index < -0.39 is 11.7 Å². The summed E-state index contributed by atoms with van der Waals surface area (Å²) in [6.07, 6.45) is 0.122. The Kier molecular flexibility index (Phi) is 10.6. The molecule has 0 bridgehead atoms. The van der Waals surface area contributed by atoms with Gasteiger partial charge in [-0.25, -0.2) is 0 Å². The number of hydrogen-bond donors (Lipinski definition) is 2. The van der Waals surface area contributed by atoms with Crippen LogP contribution in [0.15, 0.2) is 24.3 Å². The fourth-order valence-electron chi connectivity index (χ4n) is 6.20. The number of likely N-dealkylation sites (tertiary alicyclic amines) is 1. The molecule has 2 N–H and O–H groups in total. The zero-order valence-corrected chi connectivity index (χ0v) is 25.5. The lowest BCUT2D eigenvalue weighted by Gasteiger charge is -2.38. The fraction of sp³-hybridized carbons (Fsp3) is 0.645. The molecule has 3 saturated heterocycles. The fourth-order valence-corrected chi connectivity index (χ4v) is 6.20. The number of methoxy groups -OCH3 is 2. The Morgan fingerprint density at radius 2 is 1.82 bits per heavy atom. The van der Waals surface area contributed by atoms with Gasteiger partial charge in [-0.15, -0.1) is 0 Å². The van der Waals surface area contributed by atoms with Gasteiger partial charge in [-0.3, -0.25) is 4.79 Å². The molecule has 1 aromatic carbocycles. The van der Waals surface area contributed by atoms with Crippen molar-refractivity contribution in [3.05, 3.63) is 46.6 Å². The molecule has 0 saturated carbocycles. The monoisotopic (exact) mass is 621 g/mol. The molecule has 242 valence electrons. The highest BCUT2D eigenvalue weighted by molar-refractivity contribution is 5.95. The first-order valence-electron chi connectivity index (χ1n) is 15.3. The number of aromatic nitrogens is 2. The summed E-state index contributed by atoms with van der Waals surface area (Å²) in [7, 11) is 3.17. The second kappa shape index (κ2) is 14.4. The number of carbonyl (C=O) groups is 1. The predicted molar refractivity (Wildman–Crippen MR) is 157 cm³/mol. The number of nitrogens with zero attached hydrogens (tertiary/aromatic N) is 3. The summed E-state index contributed by atoms with van der Waals surface area (Å²) in [5.74, 6) is 0.323. The van der Waals surface area contributed by atoms with Crippen LogP contribution in [-0.4, -0.2) is 92.1 Å². The van der Waals surface area contributed by atoms with Crippen LogP contribution in [0.2, 0.25) is 0 Å². The van der Waals surface area contributed by atoms with Crippen LogP contribution in [0.3, 0.4) is 0 Å². The van der Waals surface area contributed by atoms with Crippen molar-refractivity contribution in [3.8, 4) is 6.01 Å². The maximum Gasteiger partial charge on any atom is 0.416 e. The van der Waals surface area contributed by atoms with E-state index in [2.05, 4.69) is 20.6 Å². The van der Waals surface area contributed by atoms with E-state index in [1.165, 1.54) is 19.2 Å². The molecular formula is C31H42F3N5O5. The van der Waals surface area contributed by atoms with Crippen LogP contribution in [0, 0.1) is 6.92 Å². The summed E-state index contributed by atoms with van der Waals surface area (Å²) in [5.41, 5.74) is 0.962. The largest absolute Gasteiger partial charge is 0.467 e. The van der Waals surface area contributed by atoms with Gasteiger partial charge < -0.3 is 34.5 Å². The van der Waals surface area contributed by atoms with Crippen molar-refractivity contribution < 1.29 is 36.9 Å². The van der Waals surface area contributed by atoms with Gasteiger partial charge in [0.05, 0.1) is 37.6 Å². The molecule has 0 unspecified atom stereocenters. The van der Waals surface area contributed by atoms with E-state index in [0.29, 0.717) is 56.0 Å². The number of carbonyl (C=O) groups excluding carboxylic acids is 1. The van der Waals surface area contributed by atoms with Crippen LogP contribution in [0.1, 0.15) is 71.8 Å². The van der Waals surface area contributed by atoms with Gasteiger partial charge in [0.15, 0.2) is 0 Å². The Morgan fingerprint density at radius 3 is 2.50 bits per heavy atom. The normalized spacial score (nSPS) is 25.1. The summed E-state index contributed by atoms with van der Waals surface area (Å²) in [6.45, 7) is 4.74. The Balaban J connectivity index is 1.18. The number of piperidine rings is 1. The van der Waals surface area contributed by atoms with E-state index >= 15 is 0 Å². The minimum atomic E-state index is -4.37. The molecule has 13 heteroatoms. The Labute approximate surface area is 256 Å². The van der Waals surface area contributed by atoms with Crippen molar-refractivity contribution in [1.29, 1.82) is 0 Å². The predicted octanol–water partition coefficient (Wildman–Crippen LogP) is 4.53. The lowest BCUT2D eigenvalue weighted by atomic mass is 9.97. The number of benzene rings is 1. The zero-order chi connectivity index (χ0) is 31.3. The average molecular weight is 622 g/mol. The average Bonchev–Trinajstić information content (AvgIpc) is 3.04. The number of rotatable bonds is 9. The molecule has 3 fully saturated rings. The van der Waals surface area contributed by atoms with Crippen molar-refractivity contribution in [3.63, 3.8) is 0 Å².